The lowest BCUT2D eigenvalue weighted by atomic mass is 9.52. The minimum atomic E-state index is -0.719. The Bertz CT molecular complexity index is 428. The molecule has 3 heteroatoms. The number of ether oxygens (including phenoxy) is 1. The minimum absolute atomic E-state index is 0.0114. The van der Waals surface area contributed by atoms with Gasteiger partial charge in [0.15, 0.2) is 0 Å². The zero-order valence-corrected chi connectivity index (χ0v) is 12.4. The van der Waals surface area contributed by atoms with Crippen LogP contribution >= 0.6 is 0 Å². The molecule has 1 unspecified atom stereocenters. The molecule has 0 bridgehead atoms. The number of hydrogen-bond acceptors (Lipinski definition) is 3. The molecule has 0 aliphatic heterocycles. The van der Waals surface area contributed by atoms with Crippen LogP contribution in [0.15, 0.2) is 12.7 Å². The summed E-state index contributed by atoms with van der Waals surface area (Å²) >= 11 is 0. The molecule has 2 aliphatic carbocycles. The second kappa shape index (κ2) is 4.46. The van der Waals surface area contributed by atoms with Gasteiger partial charge in [-0.1, -0.05) is 19.9 Å². The van der Waals surface area contributed by atoms with Gasteiger partial charge >= 0.3 is 5.97 Å². The molecule has 3 nitrogen and oxygen atoms in total. The molecular weight excluding hydrogens is 240 g/mol. The van der Waals surface area contributed by atoms with Gasteiger partial charge in [-0.15, -0.1) is 6.58 Å². The number of fused-ring (bicyclic) bond motifs is 1. The Labute approximate surface area is 115 Å². The standard InChI is InChI=1S/C16H24O3/c1-6-16-8-7-11(3)15(4,14(18)19-5)13(16)12(17)10(2)9-16/h6,10-11,13H,1,7-9H2,2-5H3/t10?,11-,13-,15-,16-/m1/s1. The highest BCUT2D eigenvalue weighted by Crippen LogP contribution is 2.62. The molecule has 0 aromatic rings. The van der Waals surface area contributed by atoms with E-state index in [1.165, 1.54) is 7.11 Å². The minimum Gasteiger partial charge on any atom is -0.469 e. The summed E-state index contributed by atoms with van der Waals surface area (Å²) in [7, 11) is 1.41. The number of carbonyl (C=O) groups is 2. The first-order valence-corrected chi connectivity index (χ1v) is 7.09. The molecule has 0 aromatic heterocycles. The Morgan fingerprint density at radius 2 is 2.11 bits per heavy atom. The van der Waals surface area contributed by atoms with Gasteiger partial charge in [0.2, 0.25) is 0 Å². The number of methoxy groups -OCH3 is 1. The monoisotopic (exact) mass is 264 g/mol. The Hall–Kier alpha value is -1.12. The predicted octanol–water partition coefficient (Wildman–Crippen LogP) is 2.99. The Morgan fingerprint density at radius 3 is 2.63 bits per heavy atom. The van der Waals surface area contributed by atoms with Gasteiger partial charge in [-0.25, -0.2) is 0 Å². The lowest BCUT2D eigenvalue weighted by Crippen LogP contribution is -2.53. The summed E-state index contributed by atoms with van der Waals surface area (Å²) in [6.07, 6.45) is 4.63. The molecule has 0 saturated heterocycles. The molecule has 0 amide bonds. The first kappa shape index (κ1) is 14.3. The van der Waals surface area contributed by atoms with Crippen LogP contribution in [-0.2, 0) is 14.3 Å². The van der Waals surface area contributed by atoms with Gasteiger partial charge in [0.05, 0.1) is 12.5 Å². The SMILES string of the molecule is C=C[C@]12CC[C@@H](C)[C@@](C)(C(=O)OC)[C@H]1C(=O)C(C)C2. The van der Waals surface area contributed by atoms with E-state index >= 15 is 0 Å². The molecule has 0 spiro atoms. The van der Waals surface area contributed by atoms with Crippen molar-refractivity contribution >= 4 is 11.8 Å². The van der Waals surface area contributed by atoms with Gasteiger partial charge in [0, 0.05) is 11.8 Å². The van der Waals surface area contributed by atoms with Crippen LogP contribution in [0.3, 0.4) is 0 Å². The quantitative estimate of drug-likeness (QED) is 0.569. The number of esters is 1. The maximum absolute atomic E-state index is 12.6. The van der Waals surface area contributed by atoms with Crippen LogP contribution in [0.2, 0.25) is 0 Å². The van der Waals surface area contributed by atoms with Gasteiger partial charge in [0.25, 0.3) is 0 Å². The van der Waals surface area contributed by atoms with E-state index in [0.717, 1.165) is 19.3 Å². The van der Waals surface area contributed by atoms with Crippen molar-refractivity contribution in [2.75, 3.05) is 7.11 Å². The fourth-order valence-corrected chi connectivity index (χ4v) is 4.41. The van der Waals surface area contributed by atoms with Crippen molar-refractivity contribution in [2.24, 2.45) is 28.6 Å². The van der Waals surface area contributed by atoms with Gasteiger partial charge in [0.1, 0.15) is 5.78 Å². The van der Waals surface area contributed by atoms with Crippen molar-refractivity contribution in [1.29, 1.82) is 0 Å². The smallest absolute Gasteiger partial charge is 0.312 e. The van der Waals surface area contributed by atoms with E-state index in [0.29, 0.717) is 0 Å². The normalized spacial score (nSPS) is 45.7. The third kappa shape index (κ3) is 1.70. The summed E-state index contributed by atoms with van der Waals surface area (Å²) in [6, 6.07) is 0. The molecule has 106 valence electrons. The van der Waals surface area contributed by atoms with E-state index in [4.69, 9.17) is 4.74 Å². The number of ketones is 1. The van der Waals surface area contributed by atoms with E-state index in [1.807, 2.05) is 19.9 Å². The van der Waals surface area contributed by atoms with Crippen molar-refractivity contribution in [3.05, 3.63) is 12.7 Å². The van der Waals surface area contributed by atoms with Gasteiger partial charge < -0.3 is 4.74 Å². The van der Waals surface area contributed by atoms with Gasteiger partial charge in [-0.05, 0) is 37.5 Å². The summed E-state index contributed by atoms with van der Waals surface area (Å²) in [6.45, 7) is 9.88. The van der Waals surface area contributed by atoms with Gasteiger partial charge in [-0.3, -0.25) is 9.59 Å². The molecule has 0 radical (unpaired) electrons. The topological polar surface area (TPSA) is 43.4 Å². The fraction of sp³-hybridized carbons (Fsp3) is 0.750. The highest BCUT2D eigenvalue weighted by Gasteiger charge is 2.64. The number of allylic oxidation sites excluding steroid dienone is 1. The molecule has 0 aromatic carbocycles. The molecule has 5 atom stereocenters. The third-order valence-corrected chi connectivity index (χ3v) is 5.73. The van der Waals surface area contributed by atoms with Crippen molar-refractivity contribution in [3.8, 4) is 0 Å². The first-order valence-electron chi connectivity index (χ1n) is 7.09. The summed E-state index contributed by atoms with van der Waals surface area (Å²) in [5, 5.41) is 0. The highest BCUT2D eigenvalue weighted by molar-refractivity contribution is 5.93. The fourth-order valence-electron chi connectivity index (χ4n) is 4.41. The van der Waals surface area contributed by atoms with Crippen LogP contribution in [-0.4, -0.2) is 18.9 Å². The zero-order valence-electron chi connectivity index (χ0n) is 12.4. The van der Waals surface area contributed by atoms with Gasteiger partial charge in [-0.2, -0.15) is 0 Å². The summed E-state index contributed by atoms with van der Waals surface area (Å²) in [5.74, 6) is -0.147. The summed E-state index contributed by atoms with van der Waals surface area (Å²) in [5.41, 5.74) is -0.936. The van der Waals surface area contributed by atoms with Crippen LogP contribution in [0.1, 0.15) is 40.0 Å². The Morgan fingerprint density at radius 1 is 1.47 bits per heavy atom. The zero-order chi connectivity index (χ0) is 14.4. The largest absolute Gasteiger partial charge is 0.469 e. The molecule has 0 heterocycles. The lowest BCUT2D eigenvalue weighted by Gasteiger charge is -2.49. The Kier molecular flexibility index (Phi) is 3.36. The van der Waals surface area contributed by atoms with Crippen molar-refractivity contribution in [1.82, 2.24) is 0 Å². The van der Waals surface area contributed by atoms with E-state index in [1.54, 1.807) is 0 Å². The average molecular weight is 264 g/mol. The van der Waals surface area contributed by atoms with Crippen LogP contribution < -0.4 is 0 Å². The number of rotatable bonds is 2. The predicted molar refractivity (Wildman–Crippen MR) is 73.4 cm³/mol. The summed E-state index contributed by atoms with van der Waals surface area (Å²) in [4.78, 5) is 25.0. The number of hydrogen-bond donors (Lipinski definition) is 0. The number of carbonyl (C=O) groups excluding carboxylic acids is 2. The molecule has 2 fully saturated rings. The van der Waals surface area contributed by atoms with Crippen LogP contribution in [0, 0.1) is 28.6 Å². The molecule has 2 saturated carbocycles. The van der Waals surface area contributed by atoms with E-state index < -0.39 is 5.41 Å². The van der Waals surface area contributed by atoms with E-state index in [2.05, 4.69) is 13.5 Å². The Balaban J connectivity index is 2.56. The number of Topliss-reactive ketones (excluding diaryl/α,β-unsaturated/α-hetero) is 1. The van der Waals surface area contributed by atoms with Crippen LogP contribution in [0.4, 0.5) is 0 Å². The molecule has 2 aliphatic rings. The lowest BCUT2D eigenvalue weighted by molar-refractivity contribution is -0.169. The average Bonchev–Trinajstić information content (AvgIpc) is 2.67. The second-order valence-electron chi connectivity index (χ2n) is 6.59. The van der Waals surface area contributed by atoms with Crippen LogP contribution in [0.5, 0.6) is 0 Å². The van der Waals surface area contributed by atoms with Crippen molar-refractivity contribution in [3.63, 3.8) is 0 Å². The van der Waals surface area contributed by atoms with E-state index in [9.17, 15) is 9.59 Å². The molecule has 19 heavy (non-hydrogen) atoms. The second-order valence-corrected chi connectivity index (χ2v) is 6.59. The molecule has 2 rings (SSSR count). The third-order valence-electron chi connectivity index (χ3n) is 5.73. The molecular formula is C16H24O3. The van der Waals surface area contributed by atoms with Crippen LogP contribution in [0.25, 0.3) is 0 Å². The first-order chi connectivity index (χ1) is 8.83. The maximum Gasteiger partial charge on any atom is 0.312 e. The van der Waals surface area contributed by atoms with Crippen molar-refractivity contribution in [2.45, 2.75) is 40.0 Å². The summed E-state index contributed by atoms with van der Waals surface area (Å²) < 4.78 is 5.02. The maximum atomic E-state index is 12.6. The van der Waals surface area contributed by atoms with E-state index in [-0.39, 0.29) is 34.9 Å². The molecule has 0 N–H and O–H groups in total. The highest BCUT2D eigenvalue weighted by atomic mass is 16.5. The van der Waals surface area contributed by atoms with Crippen molar-refractivity contribution < 1.29 is 14.3 Å².